The van der Waals surface area contributed by atoms with Crippen molar-refractivity contribution in [2.75, 3.05) is 19.0 Å². The molecule has 3 heteroatoms. The molecule has 0 unspecified atom stereocenters. The molecule has 1 rings (SSSR count). The lowest BCUT2D eigenvalue weighted by Crippen LogP contribution is -2.01. The summed E-state index contributed by atoms with van der Waals surface area (Å²) in [5.41, 5.74) is 2.05. The number of rotatable bonds is 6. The second-order valence-electron chi connectivity index (χ2n) is 4.02. The standard InChI is InChI=1S/C12H20N2O/c1-10(2)5-7-15-9-12-8-11(13-3)4-6-14-12/h4,6,8,10H,5,7,9H2,1-3H3,(H,13,14). The number of aromatic nitrogens is 1. The maximum absolute atomic E-state index is 5.54. The van der Waals surface area contributed by atoms with Crippen LogP contribution in [0.2, 0.25) is 0 Å². The van der Waals surface area contributed by atoms with Crippen LogP contribution in [0.5, 0.6) is 0 Å². The van der Waals surface area contributed by atoms with Crippen LogP contribution in [0.25, 0.3) is 0 Å². The smallest absolute Gasteiger partial charge is 0.0888 e. The zero-order valence-corrected chi connectivity index (χ0v) is 9.79. The minimum Gasteiger partial charge on any atom is -0.388 e. The molecule has 0 amide bonds. The van der Waals surface area contributed by atoms with Gasteiger partial charge in [0.25, 0.3) is 0 Å². The number of anilines is 1. The van der Waals surface area contributed by atoms with Gasteiger partial charge in [0, 0.05) is 25.5 Å². The molecule has 1 aromatic heterocycles. The first-order valence-corrected chi connectivity index (χ1v) is 5.43. The van der Waals surface area contributed by atoms with Crippen molar-refractivity contribution in [1.29, 1.82) is 0 Å². The SMILES string of the molecule is CNc1ccnc(COCCC(C)C)c1. The Morgan fingerprint density at radius 1 is 1.47 bits per heavy atom. The summed E-state index contributed by atoms with van der Waals surface area (Å²) in [6.07, 6.45) is 2.90. The third-order valence-electron chi connectivity index (χ3n) is 2.19. The molecular weight excluding hydrogens is 188 g/mol. The number of pyridine rings is 1. The van der Waals surface area contributed by atoms with Crippen LogP contribution in [0, 0.1) is 5.92 Å². The van der Waals surface area contributed by atoms with E-state index in [1.807, 2.05) is 19.2 Å². The molecule has 0 saturated heterocycles. The Hall–Kier alpha value is -1.09. The molecule has 3 nitrogen and oxygen atoms in total. The van der Waals surface area contributed by atoms with E-state index in [1.165, 1.54) is 0 Å². The zero-order valence-electron chi connectivity index (χ0n) is 9.79. The van der Waals surface area contributed by atoms with E-state index < -0.39 is 0 Å². The third-order valence-corrected chi connectivity index (χ3v) is 2.19. The van der Waals surface area contributed by atoms with Crippen molar-refractivity contribution in [3.05, 3.63) is 24.0 Å². The van der Waals surface area contributed by atoms with E-state index in [-0.39, 0.29) is 0 Å². The topological polar surface area (TPSA) is 34.2 Å². The monoisotopic (exact) mass is 208 g/mol. The minimum atomic E-state index is 0.599. The van der Waals surface area contributed by atoms with Crippen LogP contribution in [0.4, 0.5) is 5.69 Å². The zero-order chi connectivity index (χ0) is 11.1. The van der Waals surface area contributed by atoms with Crippen LogP contribution in [-0.2, 0) is 11.3 Å². The average Bonchev–Trinajstić information content (AvgIpc) is 2.24. The van der Waals surface area contributed by atoms with E-state index >= 15 is 0 Å². The molecular formula is C12H20N2O. The van der Waals surface area contributed by atoms with Gasteiger partial charge in [-0.15, -0.1) is 0 Å². The lowest BCUT2D eigenvalue weighted by Gasteiger charge is -2.07. The number of ether oxygens (including phenoxy) is 1. The molecule has 0 aliphatic carbocycles. The lowest BCUT2D eigenvalue weighted by molar-refractivity contribution is 0.108. The molecule has 0 spiro atoms. The number of hydrogen-bond acceptors (Lipinski definition) is 3. The van der Waals surface area contributed by atoms with Crippen molar-refractivity contribution in [3.63, 3.8) is 0 Å². The second kappa shape index (κ2) is 6.40. The Bertz CT molecular complexity index is 287. The summed E-state index contributed by atoms with van der Waals surface area (Å²) in [5.74, 6) is 0.696. The van der Waals surface area contributed by atoms with Crippen molar-refractivity contribution < 1.29 is 4.74 Å². The molecule has 0 radical (unpaired) electrons. The van der Waals surface area contributed by atoms with Crippen molar-refractivity contribution in [1.82, 2.24) is 4.98 Å². The highest BCUT2D eigenvalue weighted by molar-refractivity contribution is 5.42. The summed E-state index contributed by atoms with van der Waals surface area (Å²) in [6, 6.07) is 3.95. The number of nitrogens with one attached hydrogen (secondary N) is 1. The highest BCUT2D eigenvalue weighted by Crippen LogP contribution is 2.08. The van der Waals surface area contributed by atoms with Crippen LogP contribution in [0.15, 0.2) is 18.3 Å². The van der Waals surface area contributed by atoms with Gasteiger partial charge in [0.1, 0.15) is 0 Å². The largest absolute Gasteiger partial charge is 0.388 e. The Morgan fingerprint density at radius 2 is 2.27 bits per heavy atom. The van der Waals surface area contributed by atoms with Crippen molar-refractivity contribution in [3.8, 4) is 0 Å². The van der Waals surface area contributed by atoms with Crippen LogP contribution < -0.4 is 5.32 Å². The summed E-state index contributed by atoms with van der Waals surface area (Å²) < 4.78 is 5.54. The van der Waals surface area contributed by atoms with Gasteiger partial charge < -0.3 is 10.1 Å². The molecule has 0 fully saturated rings. The van der Waals surface area contributed by atoms with Gasteiger partial charge in [-0.25, -0.2) is 0 Å². The van der Waals surface area contributed by atoms with Gasteiger partial charge in [-0.2, -0.15) is 0 Å². The molecule has 0 aliphatic rings. The fraction of sp³-hybridized carbons (Fsp3) is 0.583. The van der Waals surface area contributed by atoms with E-state index in [0.717, 1.165) is 24.4 Å². The first-order valence-electron chi connectivity index (χ1n) is 5.43. The lowest BCUT2D eigenvalue weighted by atomic mass is 10.1. The van der Waals surface area contributed by atoms with Crippen LogP contribution in [0.1, 0.15) is 26.0 Å². The summed E-state index contributed by atoms with van der Waals surface area (Å²) in [5, 5.41) is 3.08. The van der Waals surface area contributed by atoms with Gasteiger partial charge in [0.15, 0.2) is 0 Å². The van der Waals surface area contributed by atoms with E-state index in [0.29, 0.717) is 12.5 Å². The molecule has 84 valence electrons. The molecule has 0 atom stereocenters. The van der Waals surface area contributed by atoms with Gasteiger partial charge in [-0.1, -0.05) is 13.8 Å². The normalized spacial score (nSPS) is 10.7. The number of nitrogens with zero attached hydrogens (tertiary/aromatic N) is 1. The van der Waals surface area contributed by atoms with E-state index in [4.69, 9.17) is 4.74 Å². The first-order chi connectivity index (χ1) is 7.22. The maximum Gasteiger partial charge on any atom is 0.0888 e. The van der Waals surface area contributed by atoms with Gasteiger partial charge >= 0.3 is 0 Å². The maximum atomic E-state index is 5.54. The van der Waals surface area contributed by atoms with Crippen molar-refractivity contribution in [2.45, 2.75) is 26.9 Å². The Balaban J connectivity index is 2.30. The predicted molar refractivity (Wildman–Crippen MR) is 62.9 cm³/mol. The average molecular weight is 208 g/mol. The van der Waals surface area contributed by atoms with Gasteiger partial charge in [-0.05, 0) is 24.5 Å². The van der Waals surface area contributed by atoms with Crippen LogP contribution >= 0.6 is 0 Å². The molecule has 15 heavy (non-hydrogen) atoms. The quantitative estimate of drug-likeness (QED) is 0.730. The fourth-order valence-electron chi connectivity index (χ4n) is 1.21. The first kappa shape index (κ1) is 12.0. The van der Waals surface area contributed by atoms with Gasteiger partial charge in [0.05, 0.1) is 12.3 Å². The fourth-order valence-corrected chi connectivity index (χ4v) is 1.21. The Morgan fingerprint density at radius 3 is 2.93 bits per heavy atom. The second-order valence-corrected chi connectivity index (χ2v) is 4.02. The summed E-state index contributed by atoms with van der Waals surface area (Å²) in [7, 11) is 1.90. The molecule has 1 N–H and O–H groups in total. The Labute approximate surface area is 91.9 Å². The highest BCUT2D eigenvalue weighted by Gasteiger charge is 1.98. The molecule has 0 aliphatic heterocycles. The van der Waals surface area contributed by atoms with E-state index in [1.54, 1.807) is 6.20 Å². The molecule has 0 aromatic carbocycles. The molecule has 0 bridgehead atoms. The van der Waals surface area contributed by atoms with Crippen LogP contribution in [0.3, 0.4) is 0 Å². The summed E-state index contributed by atoms with van der Waals surface area (Å²) in [4.78, 5) is 4.24. The molecule has 1 aromatic rings. The van der Waals surface area contributed by atoms with Crippen LogP contribution in [-0.4, -0.2) is 18.6 Å². The Kier molecular flexibility index (Phi) is 5.12. The molecule has 0 saturated carbocycles. The third kappa shape index (κ3) is 4.79. The highest BCUT2D eigenvalue weighted by atomic mass is 16.5. The summed E-state index contributed by atoms with van der Waals surface area (Å²) in [6.45, 7) is 5.80. The van der Waals surface area contributed by atoms with E-state index in [9.17, 15) is 0 Å². The number of hydrogen-bond donors (Lipinski definition) is 1. The molecule has 1 heterocycles. The predicted octanol–water partition coefficient (Wildman–Crippen LogP) is 2.69. The van der Waals surface area contributed by atoms with E-state index in [2.05, 4.69) is 24.1 Å². The van der Waals surface area contributed by atoms with Gasteiger partial charge in [0.2, 0.25) is 0 Å². The minimum absolute atomic E-state index is 0.599. The van der Waals surface area contributed by atoms with Gasteiger partial charge in [-0.3, -0.25) is 4.98 Å². The van der Waals surface area contributed by atoms with Crippen molar-refractivity contribution in [2.24, 2.45) is 5.92 Å². The van der Waals surface area contributed by atoms with Crippen molar-refractivity contribution >= 4 is 5.69 Å². The summed E-state index contributed by atoms with van der Waals surface area (Å²) >= 11 is 0.